The summed E-state index contributed by atoms with van der Waals surface area (Å²) in [5, 5.41) is 2.88. The van der Waals surface area contributed by atoms with Crippen molar-refractivity contribution in [2.24, 2.45) is 0 Å². The molecular formula is C14H18N2O5. The number of pyridine rings is 1. The minimum absolute atomic E-state index is 0.223. The molecule has 0 atom stereocenters. The first-order chi connectivity index (χ1) is 9.88. The first-order valence-electron chi connectivity index (χ1n) is 6.16. The lowest BCUT2D eigenvalue weighted by Gasteiger charge is -2.21. The number of ether oxygens (including phenoxy) is 3. The van der Waals surface area contributed by atoms with Crippen molar-refractivity contribution in [1.82, 2.24) is 4.98 Å². The molecule has 0 unspecified atom stereocenters. The second-order valence-electron chi connectivity index (χ2n) is 4.56. The second-order valence-corrected chi connectivity index (χ2v) is 4.56. The van der Waals surface area contributed by atoms with Crippen LogP contribution in [0.5, 0.6) is 5.88 Å². The van der Waals surface area contributed by atoms with Gasteiger partial charge in [-0.1, -0.05) is 0 Å². The van der Waals surface area contributed by atoms with E-state index in [1.165, 1.54) is 26.1 Å². The highest BCUT2D eigenvalue weighted by molar-refractivity contribution is 5.82. The van der Waals surface area contributed by atoms with Gasteiger partial charge in [0.25, 0.3) is 12.3 Å². The number of aromatic nitrogens is 1. The van der Waals surface area contributed by atoms with Crippen molar-refractivity contribution < 1.29 is 23.8 Å². The van der Waals surface area contributed by atoms with Gasteiger partial charge in [0.05, 0.1) is 19.0 Å². The SMILES string of the molecule is COc1ncc(N/C=C/C(=O)OC(C)(C)OC=O)cc1C. The summed E-state index contributed by atoms with van der Waals surface area (Å²) in [4.78, 5) is 25.8. The maximum Gasteiger partial charge on any atom is 0.335 e. The number of hydrogen-bond donors (Lipinski definition) is 1. The Morgan fingerprint density at radius 3 is 2.71 bits per heavy atom. The average Bonchev–Trinajstić information content (AvgIpc) is 2.38. The molecule has 21 heavy (non-hydrogen) atoms. The number of rotatable bonds is 7. The quantitative estimate of drug-likeness (QED) is 0.355. The Morgan fingerprint density at radius 2 is 2.14 bits per heavy atom. The number of methoxy groups -OCH3 is 1. The van der Waals surface area contributed by atoms with Crippen LogP contribution in [0, 0.1) is 6.92 Å². The van der Waals surface area contributed by atoms with Crippen LogP contribution in [0.3, 0.4) is 0 Å². The minimum atomic E-state index is -1.30. The van der Waals surface area contributed by atoms with E-state index >= 15 is 0 Å². The molecule has 0 aromatic carbocycles. The van der Waals surface area contributed by atoms with Gasteiger partial charge in [0.2, 0.25) is 5.88 Å². The number of nitrogens with zero attached hydrogens (tertiary/aromatic N) is 1. The molecule has 0 saturated heterocycles. The third kappa shape index (κ3) is 5.52. The molecule has 0 radical (unpaired) electrons. The molecule has 7 heteroatoms. The van der Waals surface area contributed by atoms with Crippen LogP contribution in [-0.2, 0) is 19.1 Å². The average molecular weight is 294 g/mol. The van der Waals surface area contributed by atoms with Gasteiger partial charge < -0.3 is 19.5 Å². The normalized spacial score (nSPS) is 11.0. The van der Waals surface area contributed by atoms with Crippen molar-refractivity contribution in [3.05, 3.63) is 30.1 Å². The van der Waals surface area contributed by atoms with Gasteiger partial charge >= 0.3 is 5.97 Å². The van der Waals surface area contributed by atoms with Crippen LogP contribution in [0.15, 0.2) is 24.5 Å². The van der Waals surface area contributed by atoms with E-state index in [4.69, 9.17) is 9.47 Å². The summed E-state index contributed by atoms with van der Waals surface area (Å²) < 4.78 is 14.6. The van der Waals surface area contributed by atoms with E-state index in [0.717, 1.165) is 5.56 Å². The molecule has 1 heterocycles. The second kappa shape index (κ2) is 7.28. The highest BCUT2D eigenvalue weighted by Crippen LogP contribution is 2.17. The third-order valence-corrected chi connectivity index (χ3v) is 2.37. The fourth-order valence-electron chi connectivity index (χ4n) is 1.48. The van der Waals surface area contributed by atoms with Gasteiger partial charge in [-0.25, -0.2) is 9.78 Å². The summed E-state index contributed by atoms with van der Waals surface area (Å²) >= 11 is 0. The summed E-state index contributed by atoms with van der Waals surface area (Å²) in [5.74, 6) is -1.41. The van der Waals surface area contributed by atoms with E-state index < -0.39 is 11.8 Å². The lowest BCUT2D eigenvalue weighted by Crippen LogP contribution is -2.30. The van der Waals surface area contributed by atoms with Crippen molar-refractivity contribution >= 4 is 18.1 Å². The van der Waals surface area contributed by atoms with Gasteiger partial charge in [-0.3, -0.25) is 4.79 Å². The molecule has 0 bridgehead atoms. The highest BCUT2D eigenvalue weighted by atomic mass is 16.7. The van der Waals surface area contributed by atoms with E-state index in [0.29, 0.717) is 11.6 Å². The molecule has 0 aliphatic rings. The number of hydrogen-bond acceptors (Lipinski definition) is 7. The van der Waals surface area contributed by atoms with E-state index in [9.17, 15) is 9.59 Å². The topological polar surface area (TPSA) is 86.8 Å². The van der Waals surface area contributed by atoms with Crippen LogP contribution in [0.2, 0.25) is 0 Å². The predicted molar refractivity (Wildman–Crippen MR) is 75.6 cm³/mol. The molecule has 0 saturated carbocycles. The zero-order valence-electron chi connectivity index (χ0n) is 12.4. The number of aryl methyl sites for hydroxylation is 1. The zero-order chi connectivity index (χ0) is 15.9. The molecule has 1 N–H and O–H groups in total. The van der Waals surface area contributed by atoms with Crippen molar-refractivity contribution in [3.63, 3.8) is 0 Å². The summed E-state index contributed by atoms with van der Waals surface area (Å²) in [7, 11) is 1.54. The maximum atomic E-state index is 11.5. The van der Waals surface area contributed by atoms with E-state index in [1.807, 2.05) is 13.0 Å². The molecule has 0 aliphatic carbocycles. The van der Waals surface area contributed by atoms with Gasteiger partial charge in [0.15, 0.2) is 0 Å². The highest BCUT2D eigenvalue weighted by Gasteiger charge is 2.22. The van der Waals surface area contributed by atoms with Gasteiger partial charge in [-0.05, 0) is 13.0 Å². The van der Waals surface area contributed by atoms with E-state index in [2.05, 4.69) is 15.0 Å². The summed E-state index contributed by atoms with van der Waals surface area (Å²) in [6.45, 7) is 4.99. The van der Waals surface area contributed by atoms with Gasteiger partial charge in [-0.2, -0.15) is 0 Å². The van der Waals surface area contributed by atoms with Gasteiger partial charge in [0, 0.05) is 31.7 Å². The molecule has 1 aromatic heterocycles. The molecular weight excluding hydrogens is 276 g/mol. The third-order valence-electron chi connectivity index (χ3n) is 2.37. The van der Waals surface area contributed by atoms with Crippen molar-refractivity contribution in [3.8, 4) is 5.88 Å². The summed E-state index contributed by atoms with van der Waals surface area (Å²) in [6, 6.07) is 1.82. The molecule has 114 valence electrons. The fourth-order valence-corrected chi connectivity index (χ4v) is 1.48. The van der Waals surface area contributed by atoms with Crippen LogP contribution in [-0.4, -0.2) is 30.3 Å². The zero-order valence-corrected chi connectivity index (χ0v) is 12.4. The smallest absolute Gasteiger partial charge is 0.335 e. The number of anilines is 1. The lowest BCUT2D eigenvalue weighted by molar-refractivity contribution is -0.203. The first-order valence-corrected chi connectivity index (χ1v) is 6.16. The van der Waals surface area contributed by atoms with Gasteiger partial charge in [-0.15, -0.1) is 0 Å². The lowest BCUT2D eigenvalue weighted by atomic mass is 10.3. The van der Waals surface area contributed by atoms with Crippen molar-refractivity contribution in [1.29, 1.82) is 0 Å². The largest absolute Gasteiger partial charge is 0.481 e. The summed E-state index contributed by atoms with van der Waals surface area (Å²) in [6.07, 6.45) is 4.15. The Hall–Kier alpha value is -2.57. The fraction of sp³-hybridized carbons (Fsp3) is 0.357. The number of carbonyl (C=O) groups is 2. The Kier molecular flexibility index (Phi) is 5.71. The summed E-state index contributed by atoms with van der Waals surface area (Å²) in [5.41, 5.74) is 1.56. The minimum Gasteiger partial charge on any atom is -0.481 e. The molecule has 0 aliphatic heterocycles. The Morgan fingerprint density at radius 1 is 1.43 bits per heavy atom. The molecule has 0 fully saturated rings. The van der Waals surface area contributed by atoms with Crippen LogP contribution in [0.25, 0.3) is 0 Å². The molecule has 1 rings (SSSR count). The van der Waals surface area contributed by atoms with Gasteiger partial charge in [0.1, 0.15) is 0 Å². The Bertz CT molecular complexity index is 540. The standard InChI is InChI=1S/C14H18N2O5/c1-10-7-11(8-16-13(10)19-4)15-6-5-12(18)21-14(2,3)20-9-17/h5-9,15H,1-4H3/b6-5+. The predicted octanol–water partition coefficient (Wildman–Crippen LogP) is 1.78. The van der Waals surface area contributed by atoms with Crippen LogP contribution in [0.4, 0.5) is 5.69 Å². The van der Waals surface area contributed by atoms with Crippen molar-refractivity contribution in [2.45, 2.75) is 26.6 Å². The van der Waals surface area contributed by atoms with Crippen LogP contribution in [0.1, 0.15) is 19.4 Å². The van der Waals surface area contributed by atoms with E-state index in [-0.39, 0.29) is 6.47 Å². The van der Waals surface area contributed by atoms with E-state index in [1.54, 1.807) is 13.3 Å². The Labute approximate surface area is 122 Å². The molecule has 7 nitrogen and oxygen atoms in total. The Balaban J connectivity index is 2.56. The van der Waals surface area contributed by atoms with Crippen LogP contribution >= 0.6 is 0 Å². The molecule has 0 spiro atoms. The monoisotopic (exact) mass is 294 g/mol. The molecule has 1 aromatic rings. The first kappa shape index (κ1) is 16.5. The number of esters is 1. The number of carbonyl (C=O) groups excluding carboxylic acids is 2. The van der Waals surface area contributed by atoms with Crippen molar-refractivity contribution in [2.75, 3.05) is 12.4 Å². The number of nitrogens with one attached hydrogen (secondary N) is 1. The maximum absolute atomic E-state index is 11.5. The van der Waals surface area contributed by atoms with Crippen LogP contribution < -0.4 is 10.1 Å². The molecule has 0 amide bonds.